The summed E-state index contributed by atoms with van der Waals surface area (Å²) < 4.78 is 5.60. The highest BCUT2D eigenvalue weighted by Crippen LogP contribution is 2.28. The van der Waals surface area contributed by atoms with E-state index in [9.17, 15) is 0 Å². The average Bonchev–Trinajstić information content (AvgIpc) is 2.92. The second kappa shape index (κ2) is 6.82. The van der Waals surface area contributed by atoms with Gasteiger partial charge in [-0.15, -0.1) is 12.4 Å². The van der Waals surface area contributed by atoms with E-state index in [0.29, 0.717) is 5.89 Å². The number of halogens is 1. The lowest BCUT2D eigenvalue weighted by Crippen LogP contribution is -2.52. The number of rotatable bonds is 3. The standard InChI is InChI=1S/C17H23N3O.ClH/c1-17(2)12-20(9-8-15(17)18)10-14-11-21-16(19-14)13-6-4-3-5-7-13;/h3-7,11,15H,8-10,12,18H2,1-2H3;1H. The molecule has 2 heterocycles. The van der Waals surface area contributed by atoms with Crippen molar-refractivity contribution in [2.24, 2.45) is 11.1 Å². The van der Waals surface area contributed by atoms with Crippen molar-refractivity contribution in [3.63, 3.8) is 0 Å². The van der Waals surface area contributed by atoms with E-state index < -0.39 is 0 Å². The quantitative estimate of drug-likeness (QED) is 0.942. The second-order valence-corrected chi connectivity index (χ2v) is 6.60. The van der Waals surface area contributed by atoms with Gasteiger partial charge in [-0.1, -0.05) is 32.0 Å². The number of aromatic nitrogens is 1. The van der Waals surface area contributed by atoms with Gasteiger partial charge < -0.3 is 10.2 Å². The number of likely N-dealkylation sites (tertiary alicyclic amines) is 1. The number of oxazole rings is 1. The van der Waals surface area contributed by atoms with Crippen LogP contribution >= 0.6 is 12.4 Å². The minimum atomic E-state index is 0. The molecule has 1 saturated heterocycles. The van der Waals surface area contributed by atoms with Crippen molar-refractivity contribution in [3.05, 3.63) is 42.3 Å². The molecular formula is C17H24ClN3O. The fourth-order valence-corrected chi connectivity index (χ4v) is 2.94. The summed E-state index contributed by atoms with van der Waals surface area (Å²) in [6.07, 6.45) is 2.81. The predicted molar refractivity (Wildman–Crippen MR) is 90.8 cm³/mol. The molecule has 4 nitrogen and oxygen atoms in total. The van der Waals surface area contributed by atoms with Crippen LogP contribution in [-0.2, 0) is 6.54 Å². The lowest BCUT2D eigenvalue weighted by molar-refractivity contribution is 0.0889. The van der Waals surface area contributed by atoms with Gasteiger partial charge in [0, 0.05) is 31.2 Å². The Balaban J connectivity index is 0.00000176. The third-order valence-corrected chi connectivity index (χ3v) is 4.35. The summed E-state index contributed by atoms with van der Waals surface area (Å²) in [7, 11) is 0. The lowest BCUT2D eigenvalue weighted by Gasteiger charge is -2.42. The lowest BCUT2D eigenvalue weighted by atomic mass is 9.80. The molecule has 1 atom stereocenters. The number of benzene rings is 1. The van der Waals surface area contributed by atoms with E-state index in [1.54, 1.807) is 6.26 Å². The molecule has 0 radical (unpaired) electrons. The van der Waals surface area contributed by atoms with Gasteiger partial charge in [-0.2, -0.15) is 0 Å². The largest absolute Gasteiger partial charge is 0.444 e. The van der Waals surface area contributed by atoms with Crippen molar-refractivity contribution in [2.45, 2.75) is 32.9 Å². The summed E-state index contributed by atoms with van der Waals surface area (Å²) in [5.41, 5.74) is 8.35. The zero-order chi connectivity index (χ0) is 14.9. The predicted octanol–water partition coefficient (Wildman–Crippen LogP) is 3.32. The maximum atomic E-state index is 6.19. The van der Waals surface area contributed by atoms with Gasteiger partial charge in [0.1, 0.15) is 6.26 Å². The summed E-state index contributed by atoms with van der Waals surface area (Å²) in [6, 6.07) is 10.3. The summed E-state index contributed by atoms with van der Waals surface area (Å²) >= 11 is 0. The van der Waals surface area contributed by atoms with Crippen molar-refractivity contribution in [1.29, 1.82) is 0 Å². The molecule has 0 spiro atoms. The van der Waals surface area contributed by atoms with Gasteiger partial charge in [-0.05, 0) is 24.0 Å². The molecule has 22 heavy (non-hydrogen) atoms. The normalized spacial score (nSPS) is 21.3. The van der Waals surface area contributed by atoms with E-state index in [4.69, 9.17) is 10.2 Å². The maximum Gasteiger partial charge on any atom is 0.226 e. The van der Waals surface area contributed by atoms with Crippen molar-refractivity contribution in [2.75, 3.05) is 13.1 Å². The molecule has 0 aliphatic carbocycles. The number of nitrogens with two attached hydrogens (primary N) is 1. The maximum absolute atomic E-state index is 6.19. The first-order valence-electron chi connectivity index (χ1n) is 7.52. The molecule has 2 aromatic rings. The van der Waals surface area contributed by atoms with Crippen LogP contribution in [0, 0.1) is 5.41 Å². The van der Waals surface area contributed by atoms with E-state index in [0.717, 1.165) is 37.3 Å². The first-order chi connectivity index (χ1) is 10.0. The van der Waals surface area contributed by atoms with Crippen LogP contribution in [0.25, 0.3) is 11.5 Å². The zero-order valence-corrected chi connectivity index (χ0v) is 14.0. The molecular weight excluding hydrogens is 298 g/mol. The molecule has 0 saturated carbocycles. The first-order valence-corrected chi connectivity index (χ1v) is 7.52. The van der Waals surface area contributed by atoms with E-state index in [1.807, 2.05) is 30.3 Å². The Kier molecular flexibility index (Phi) is 5.27. The Morgan fingerprint density at radius 2 is 2.05 bits per heavy atom. The molecule has 2 N–H and O–H groups in total. The van der Waals surface area contributed by atoms with E-state index in [2.05, 4.69) is 23.7 Å². The Morgan fingerprint density at radius 1 is 1.32 bits per heavy atom. The highest BCUT2D eigenvalue weighted by Gasteiger charge is 2.33. The van der Waals surface area contributed by atoms with Crippen molar-refractivity contribution >= 4 is 12.4 Å². The van der Waals surface area contributed by atoms with Gasteiger partial charge in [-0.25, -0.2) is 4.98 Å². The van der Waals surface area contributed by atoms with Crippen LogP contribution in [0.1, 0.15) is 26.0 Å². The number of hydrogen-bond donors (Lipinski definition) is 1. The second-order valence-electron chi connectivity index (χ2n) is 6.60. The molecule has 1 aromatic heterocycles. The van der Waals surface area contributed by atoms with Crippen LogP contribution < -0.4 is 5.73 Å². The molecule has 1 fully saturated rings. The number of hydrogen-bond acceptors (Lipinski definition) is 4. The van der Waals surface area contributed by atoms with Crippen molar-refractivity contribution in [3.8, 4) is 11.5 Å². The molecule has 1 aliphatic rings. The molecule has 1 aromatic carbocycles. The molecule has 120 valence electrons. The summed E-state index contributed by atoms with van der Waals surface area (Å²) in [6.45, 7) is 7.33. The van der Waals surface area contributed by atoms with Crippen LogP contribution in [0.5, 0.6) is 0 Å². The van der Waals surface area contributed by atoms with Crippen molar-refractivity contribution < 1.29 is 4.42 Å². The fraction of sp³-hybridized carbons (Fsp3) is 0.471. The number of nitrogens with zero attached hydrogens (tertiary/aromatic N) is 2. The molecule has 0 bridgehead atoms. The summed E-state index contributed by atoms with van der Waals surface area (Å²) in [4.78, 5) is 7.01. The molecule has 0 amide bonds. The highest BCUT2D eigenvalue weighted by molar-refractivity contribution is 5.85. The van der Waals surface area contributed by atoms with Gasteiger partial charge >= 0.3 is 0 Å². The summed E-state index contributed by atoms with van der Waals surface area (Å²) in [5.74, 6) is 0.693. The van der Waals surface area contributed by atoms with Crippen LogP contribution in [0.4, 0.5) is 0 Å². The smallest absolute Gasteiger partial charge is 0.226 e. The van der Waals surface area contributed by atoms with Gasteiger partial charge in [0.15, 0.2) is 0 Å². The Hall–Kier alpha value is -1.36. The monoisotopic (exact) mass is 321 g/mol. The SMILES string of the molecule is CC1(C)CN(Cc2coc(-c3ccccc3)n2)CCC1N.Cl. The number of piperidine rings is 1. The first kappa shape index (κ1) is 17.0. The van der Waals surface area contributed by atoms with Gasteiger partial charge in [0.25, 0.3) is 0 Å². The van der Waals surface area contributed by atoms with E-state index in [-0.39, 0.29) is 23.9 Å². The third-order valence-electron chi connectivity index (χ3n) is 4.35. The molecule has 1 aliphatic heterocycles. The highest BCUT2D eigenvalue weighted by atomic mass is 35.5. The molecule has 1 unspecified atom stereocenters. The zero-order valence-electron chi connectivity index (χ0n) is 13.2. The topological polar surface area (TPSA) is 55.3 Å². The molecule has 5 heteroatoms. The Bertz CT molecular complexity index is 597. The van der Waals surface area contributed by atoms with Crippen LogP contribution in [-0.4, -0.2) is 29.0 Å². The minimum absolute atomic E-state index is 0. The average molecular weight is 322 g/mol. The summed E-state index contributed by atoms with van der Waals surface area (Å²) in [5, 5.41) is 0. The van der Waals surface area contributed by atoms with E-state index in [1.165, 1.54) is 0 Å². The third kappa shape index (κ3) is 3.69. The van der Waals surface area contributed by atoms with Gasteiger partial charge in [0.05, 0.1) is 5.69 Å². The van der Waals surface area contributed by atoms with Crippen LogP contribution in [0.15, 0.2) is 41.0 Å². The Labute approximate surface area is 138 Å². The van der Waals surface area contributed by atoms with Crippen LogP contribution in [0.3, 0.4) is 0 Å². The fourth-order valence-electron chi connectivity index (χ4n) is 2.94. The van der Waals surface area contributed by atoms with Crippen molar-refractivity contribution in [1.82, 2.24) is 9.88 Å². The Morgan fingerprint density at radius 3 is 2.73 bits per heavy atom. The molecule has 3 rings (SSSR count). The van der Waals surface area contributed by atoms with Crippen LogP contribution in [0.2, 0.25) is 0 Å². The van der Waals surface area contributed by atoms with E-state index >= 15 is 0 Å². The minimum Gasteiger partial charge on any atom is -0.444 e. The van der Waals surface area contributed by atoms with Gasteiger partial charge in [-0.3, -0.25) is 4.90 Å². The van der Waals surface area contributed by atoms with Gasteiger partial charge in [0.2, 0.25) is 5.89 Å².